The summed E-state index contributed by atoms with van der Waals surface area (Å²) in [6, 6.07) is 18.1. The molecule has 0 saturated heterocycles. The molecule has 0 radical (unpaired) electrons. The van der Waals surface area contributed by atoms with E-state index in [0.29, 0.717) is 47.4 Å². The van der Waals surface area contributed by atoms with E-state index in [4.69, 9.17) is 5.73 Å². The Kier molecular flexibility index (Phi) is 5.68. The molecular weight excluding hydrogens is 406 g/mol. The molecule has 4 rings (SSSR count). The molecule has 0 atom stereocenters. The van der Waals surface area contributed by atoms with Crippen LogP contribution in [-0.2, 0) is 6.42 Å². The lowest BCUT2D eigenvalue weighted by Gasteiger charge is -2.10. The van der Waals surface area contributed by atoms with Gasteiger partial charge in [0.2, 0.25) is 0 Å². The maximum atomic E-state index is 11.2. The lowest BCUT2D eigenvalue weighted by atomic mass is 10.1. The van der Waals surface area contributed by atoms with Gasteiger partial charge < -0.3 is 11.1 Å². The van der Waals surface area contributed by atoms with Gasteiger partial charge in [-0.25, -0.2) is 4.68 Å². The van der Waals surface area contributed by atoms with E-state index in [2.05, 4.69) is 21.5 Å². The minimum atomic E-state index is -0.417. The summed E-state index contributed by atoms with van der Waals surface area (Å²) in [5.41, 5.74) is 10.3. The third-order valence-corrected chi connectivity index (χ3v) is 5.14. The standard InChI is InChI=1S/C23H21N7O2/c1-15-12-22(18-13-17(30(31)32)9-10-20(18)27-15)26-11-5-8-21-19(14-24)23(25)29(28-21)16-6-3-2-4-7-16/h2-4,6-7,9-10,12-13H,5,8,11,25H2,1H3,(H,26,27). The van der Waals surface area contributed by atoms with Gasteiger partial charge in [-0.15, -0.1) is 0 Å². The predicted molar refractivity (Wildman–Crippen MR) is 123 cm³/mol. The number of fused-ring (bicyclic) bond motifs is 1. The van der Waals surface area contributed by atoms with E-state index in [-0.39, 0.29) is 5.69 Å². The highest BCUT2D eigenvalue weighted by atomic mass is 16.6. The van der Waals surface area contributed by atoms with Crippen LogP contribution in [-0.4, -0.2) is 26.2 Å². The molecule has 9 nitrogen and oxygen atoms in total. The van der Waals surface area contributed by atoms with Crippen molar-refractivity contribution in [3.8, 4) is 11.8 Å². The van der Waals surface area contributed by atoms with Gasteiger partial charge in [-0.2, -0.15) is 10.4 Å². The van der Waals surface area contributed by atoms with Crippen LogP contribution in [0, 0.1) is 28.4 Å². The first-order valence-corrected chi connectivity index (χ1v) is 10.1. The molecule has 0 spiro atoms. The Morgan fingerprint density at radius 2 is 2.00 bits per heavy atom. The molecule has 2 heterocycles. The van der Waals surface area contributed by atoms with Gasteiger partial charge in [0, 0.05) is 35.4 Å². The largest absolute Gasteiger partial charge is 0.384 e. The summed E-state index contributed by atoms with van der Waals surface area (Å²) in [5, 5.41) is 29.3. The van der Waals surface area contributed by atoms with Crippen molar-refractivity contribution in [3.63, 3.8) is 0 Å². The van der Waals surface area contributed by atoms with Crippen molar-refractivity contribution in [1.82, 2.24) is 14.8 Å². The number of hydrogen-bond acceptors (Lipinski definition) is 7. The number of benzene rings is 2. The minimum Gasteiger partial charge on any atom is -0.384 e. The topological polar surface area (TPSA) is 136 Å². The number of nitro benzene ring substituents is 1. The van der Waals surface area contributed by atoms with Crippen molar-refractivity contribution in [1.29, 1.82) is 5.26 Å². The Bertz CT molecular complexity index is 1340. The fourth-order valence-corrected chi connectivity index (χ4v) is 3.63. The number of aryl methyl sites for hydroxylation is 2. The van der Waals surface area contributed by atoms with Crippen molar-refractivity contribution < 1.29 is 4.92 Å². The second kappa shape index (κ2) is 8.73. The summed E-state index contributed by atoms with van der Waals surface area (Å²) in [4.78, 5) is 15.2. The van der Waals surface area contributed by atoms with Crippen LogP contribution >= 0.6 is 0 Å². The molecule has 32 heavy (non-hydrogen) atoms. The zero-order valence-electron chi connectivity index (χ0n) is 17.4. The van der Waals surface area contributed by atoms with E-state index in [1.807, 2.05) is 43.3 Å². The van der Waals surface area contributed by atoms with Crippen molar-refractivity contribution in [2.24, 2.45) is 0 Å². The van der Waals surface area contributed by atoms with Gasteiger partial charge in [-0.1, -0.05) is 18.2 Å². The fourth-order valence-electron chi connectivity index (χ4n) is 3.63. The average molecular weight is 427 g/mol. The van der Waals surface area contributed by atoms with Crippen LogP contribution in [0.15, 0.2) is 54.6 Å². The number of nitro groups is 1. The van der Waals surface area contributed by atoms with Crippen molar-refractivity contribution >= 4 is 28.1 Å². The number of non-ortho nitro benzene ring substituents is 1. The molecule has 2 aromatic heterocycles. The number of aromatic nitrogens is 3. The van der Waals surface area contributed by atoms with Gasteiger partial charge in [0.1, 0.15) is 17.5 Å². The van der Waals surface area contributed by atoms with Crippen molar-refractivity contribution in [2.75, 3.05) is 17.6 Å². The molecule has 3 N–H and O–H groups in total. The Hall–Kier alpha value is -4.45. The van der Waals surface area contributed by atoms with Crippen LogP contribution in [0.2, 0.25) is 0 Å². The number of nitrogens with one attached hydrogen (secondary N) is 1. The van der Waals surface area contributed by atoms with Gasteiger partial charge in [-0.05, 0) is 44.0 Å². The first-order chi connectivity index (χ1) is 15.5. The lowest BCUT2D eigenvalue weighted by Crippen LogP contribution is -2.05. The van der Waals surface area contributed by atoms with E-state index >= 15 is 0 Å². The molecule has 0 bridgehead atoms. The number of hydrogen-bond donors (Lipinski definition) is 2. The number of nitrogen functional groups attached to an aromatic ring is 1. The third kappa shape index (κ3) is 4.06. The second-order valence-electron chi connectivity index (χ2n) is 7.37. The Labute approximate surface area is 184 Å². The minimum absolute atomic E-state index is 0.0202. The van der Waals surface area contributed by atoms with Gasteiger partial charge >= 0.3 is 0 Å². The molecule has 0 amide bonds. The van der Waals surface area contributed by atoms with E-state index < -0.39 is 4.92 Å². The molecule has 0 saturated carbocycles. The highest BCUT2D eigenvalue weighted by Gasteiger charge is 2.16. The molecule has 2 aromatic carbocycles. The van der Waals surface area contributed by atoms with Crippen molar-refractivity contribution in [3.05, 3.63) is 81.7 Å². The van der Waals surface area contributed by atoms with Crippen LogP contribution in [0.3, 0.4) is 0 Å². The van der Waals surface area contributed by atoms with Gasteiger partial charge in [0.25, 0.3) is 5.69 Å². The number of anilines is 2. The number of pyridine rings is 1. The monoisotopic (exact) mass is 427 g/mol. The summed E-state index contributed by atoms with van der Waals surface area (Å²) in [6.07, 6.45) is 1.25. The first kappa shape index (κ1) is 20.8. The van der Waals surface area contributed by atoms with Gasteiger partial charge in [0.15, 0.2) is 0 Å². The maximum absolute atomic E-state index is 11.2. The summed E-state index contributed by atoms with van der Waals surface area (Å²) in [7, 11) is 0. The van der Waals surface area contributed by atoms with Crippen LogP contribution < -0.4 is 11.1 Å². The second-order valence-corrected chi connectivity index (χ2v) is 7.37. The zero-order valence-corrected chi connectivity index (χ0v) is 17.4. The van der Waals surface area contributed by atoms with Gasteiger partial charge in [-0.3, -0.25) is 15.1 Å². The molecule has 0 aliphatic carbocycles. The Morgan fingerprint density at radius 3 is 2.72 bits per heavy atom. The number of rotatable bonds is 7. The molecule has 0 fully saturated rings. The molecule has 0 aliphatic rings. The van der Waals surface area contributed by atoms with Crippen LogP contribution in [0.1, 0.15) is 23.4 Å². The summed E-state index contributed by atoms with van der Waals surface area (Å²) < 4.78 is 1.58. The molecule has 9 heteroatoms. The summed E-state index contributed by atoms with van der Waals surface area (Å²) in [6.45, 7) is 2.47. The summed E-state index contributed by atoms with van der Waals surface area (Å²) >= 11 is 0. The Morgan fingerprint density at radius 1 is 1.22 bits per heavy atom. The van der Waals surface area contributed by atoms with Gasteiger partial charge in [0.05, 0.1) is 21.8 Å². The van der Waals surface area contributed by atoms with Crippen LogP contribution in [0.25, 0.3) is 16.6 Å². The molecule has 0 unspecified atom stereocenters. The quantitative estimate of drug-likeness (QED) is 0.257. The van der Waals surface area contributed by atoms with Crippen LogP contribution in [0.4, 0.5) is 17.2 Å². The van der Waals surface area contributed by atoms with E-state index in [1.54, 1.807) is 10.7 Å². The Balaban J connectivity index is 1.50. The number of para-hydroxylation sites is 1. The molecule has 160 valence electrons. The number of nitriles is 1. The maximum Gasteiger partial charge on any atom is 0.270 e. The van der Waals surface area contributed by atoms with E-state index in [1.165, 1.54) is 12.1 Å². The lowest BCUT2D eigenvalue weighted by molar-refractivity contribution is -0.384. The smallest absolute Gasteiger partial charge is 0.270 e. The molecule has 0 aliphatic heterocycles. The molecule has 4 aromatic rings. The molecular formula is C23H21N7O2. The highest BCUT2D eigenvalue weighted by Crippen LogP contribution is 2.27. The number of nitrogens with zero attached hydrogens (tertiary/aromatic N) is 5. The first-order valence-electron chi connectivity index (χ1n) is 10.1. The van der Waals surface area contributed by atoms with Crippen LogP contribution in [0.5, 0.6) is 0 Å². The summed E-state index contributed by atoms with van der Waals surface area (Å²) in [5.74, 6) is 0.324. The van der Waals surface area contributed by atoms with E-state index in [0.717, 1.165) is 17.1 Å². The fraction of sp³-hybridized carbons (Fsp3) is 0.174. The average Bonchev–Trinajstić information content (AvgIpc) is 3.11. The third-order valence-electron chi connectivity index (χ3n) is 5.14. The zero-order chi connectivity index (χ0) is 22.7. The normalized spacial score (nSPS) is 10.8. The van der Waals surface area contributed by atoms with Crippen molar-refractivity contribution in [2.45, 2.75) is 19.8 Å². The predicted octanol–water partition coefficient (Wildman–Crippen LogP) is 4.14. The number of nitrogens with two attached hydrogens (primary N) is 1. The van der Waals surface area contributed by atoms with E-state index in [9.17, 15) is 15.4 Å². The highest BCUT2D eigenvalue weighted by molar-refractivity contribution is 5.93. The SMILES string of the molecule is Cc1cc(NCCCc2nn(-c3ccccc3)c(N)c2C#N)c2cc([N+](=O)[O-])ccc2n1.